The molecule has 0 spiro atoms. The molecule has 1 unspecified atom stereocenters. The fraction of sp³-hybridized carbons (Fsp3) is 0.500. The van der Waals surface area contributed by atoms with Crippen LogP contribution >= 0.6 is 0 Å². The molecule has 0 radical (unpaired) electrons. The van der Waals surface area contributed by atoms with Crippen LogP contribution in [0.5, 0.6) is 5.75 Å². The molecule has 0 heterocycles. The van der Waals surface area contributed by atoms with Crippen molar-refractivity contribution in [3.63, 3.8) is 0 Å². The number of rotatable bonds is 7. The second-order valence-electron chi connectivity index (χ2n) is 4.18. The fourth-order valence-corrected chi connectivity index (χ4v) is 1.65. The maximum Gasteiger partial charge on any atom is 0.322 e. The fourth-order valence-electron chi connectivity index (χ4n) is 1.65. The SMILES string of the molecule is CCNC(CCOc1ccc(C)c(F)c1)C(=O)OC. The smallest absolute Gasteiger partial charge is 0.322 e. The Morgan fingerprint density at radius 3 is 2.79 bits per heavy atom. The molecule has 5 heteroatoms. The Kier molecular flexibility index (Phi) is 6.29. The molecule has 0 bridgehead atoms. The normalized spacial score (nSPS) is 12.0. The van der Waals surface area contributed by atoms with Crippen molar-refractivity contribution in [1.29, 1.82) is 0 Å². The largest absolute Gasteiger partial charge is 0.493 e. The molecular formula is C14H20FNO3. The van der Waals surface area contributed by atoms with Gasteiger partial charge in [-0.15, -0.1) is 0 Å². The van der Waals surface area contributed by atoms with Crippen molar-refractivity contribution >= 4 is 5.97 Å². The van der Waals surface area contributed by atoms with E-state index in [0.29, 0.717) is 30.9 Å². The van der Waals surface area contributed by atoms with Crippen molar-refractivity contribution in [2.45, 2.75) is 26.3 Å². The summed E-state index contributed by atoms with van der Waals surface area (Å²) in [6, 6.07) is 4.31. The van der Waals surface area contributed by atoms with Crippen LogP contribution in [0.4, 0.5) is 4.39 Å². The van der Waals surface area contributed by atoms with Gasteiger partial charge in [-0.3, -0.25) is 4.79 Å². The van der Waals surface area contributed by atoms with Crippen LogP contribution in [0.2, 0.25) is 0 Å². The predicted molar refractivity (Wildman–Crippen MR) is 70.7 cm³/mol. The quantitative estimate of drug-likeness (QED) is 0.770. The highest BCUT2D eigenvalue weighted by Gasteiger charge is 2.17. The zero-order valence-corrected chi connectivity index (χ0v) is 11.5. The van der Waals surface area contributed by atoms with E-state index in [0.717, 1.165) is 0 Å². The van der Waals surface area contributed by atoms with Crippen molar-refractivity contribution in [3.8, 4) is 5.75 Å². The molecule has 0 aromatic heterocycles. The van der Waals surface area contributed by atoms with Gasteiger partial charge < -0.3 is 14.8 Å². The number of benzene rings is 1. The monoisotopic (exact) mass is 269 g/mol. The molecule has 1 aromatic carbocycles. The molecule has 0 aliphatic heterocycles. The van der Waals surface area contributed by atoms with Gasteiger partial charge >= 0.3 is 5.97 Å². The van der Waals surface area contributed by atoms with E-state index >= 15 is 0 Å². The number of methoxy groups -OCH3 is 1. The lowest BCUT2D eigenvalue weighted by atomic mass is 10.2. The molecule has 1 rings (SSSR count). The van der Waals surface area contributed by atoms with Gasteiger partial charge in [0.25, 0.3) is 0 Å². The van der Waals surface area contributed by atoms with Crippen molar-refractivity contribution in [1.82, 2.24) is 5.32 Å². The Labute approximate surface area is 112 Å². The van der Waals surface area contributed by atoms with Gasteiger partial charge in [0.1, 0.15) is 17.6 Å². The van der Waals surface area contributed by atoms with E-state index in [1.165, 1.54) is 13.2 Å². The second kappa shape index (κ2) is 7.74. The van der Waals surface area contributed by atoms with E-state index in [9.17, 15) is 9.18 Å². The van der Waals surface area contributed by atoms with E-state index < -0.39 is 6.04 Å². The zero-order chi connectivity index (χ0) is 14.3. The molecule has 0 fully saturated rings. The van der Waals surface area contributed by atoms with Crippen LogP contribution in [0.25, 0.3) is 0 Å². The molecule has 0 aliphatic rings. The van der Waals surface area contributed by atoms with Crippen LogP contribution in [0, 0.1) is 12.7 Å². The summed E-state index contributed by atoms with van der Waals surface area (Å²) in [6.45, 7) is 4.58. The summed E-state index contributed by atoms with van der Waals surface area (Å²) < 4.78 is 23.4. The molecule has 19 heavy (non-hydrogen) atoms. The number of ether oxygens (including phenoxy) is 2. The van der Waals surface area contributed by atoms with Crippen LogP contribution in [0.3, 0.4) is 0 Å². The van der Waals surface area contributed by atoms with Gasteiger partial charge in [0.15, 0.2) is 0 Å². The highest BCUT2D eigenvalue weighted by molar-refractivity contribution is 5.75. The zero-order valence-electron chi connectivity index (χ0n) is 11.5. The third kappa shape index (κ3) is 4.87. The minimum atomic E-state index is -0.398. The number of halogens is 1. The highest BCUT2D eigenvalue weighted by Crippen LogP contribution is 2.16. The van der Waals surface area contributed by atoms with Gasteiger partial charge in [-0.25, -0.2) is 4.39 Å². The third-order valence-corrected chi connectivity index (χ3v) is 2.75. The Morgan fingerprint density at radius 2 is 2.21 bits per heavy atom. The standard InChI is InChI=1S/C14H20FNO3/c1-4-16-13(14(17)18-3)7-8-19-11-6-5-10(2)12(15)9-11/h5-6,9,13,16H,4,7-8H2,1-3H3. The number of carbonyl (C=O) groups is 1. The lowest BCUT2D eigenvalue weighted by Crippen LogP contribution is -2.38. The Morgan fingerprint density at radius 1 is 1.47 bits per heavy atom. The van der Waals surface area contributed by atoms with Gasteiger partial charge in [0.05, 0.1) is 13.7 Å². The first kappa shape index (κ1) is 15.4. The minimum absolute atomic E-state index is 0.297. The van der Waals surface area contributed by atoms with Crippen molar-refractivity contribution < 1.29 is 18.7 Å². The van der Waals surface area contributed by atoms with E-state index in [1.807, 2.05) is 6.92 Å². The van der Waals surface area contributed by atoms with Crippen molar-refractivity contribution in [2.75, 3.05) is 20.3 Å². The summed E-state index contributed by atoms with van der Waals surface area (Å²) in [5.41, 5.74) is 0.576. The topological polar surface area (TPSA) is 47.6 Å². The van der Waals surface area contributed by atoms with Crippen LogP contribution in [-0.4, -0.2) is 32.3 Å². The third-order valence-electron chi connectivity index (χ3n) is 2.75. The number of likely N-dealkylation sites (N-methyl/N-ethyl adjacent to an activating group) is 1. The van der Waals surface area contributed by atoms with E-state index in [1.54, 1.807) is 19.1 Å². The van der Waals surface area contributed by atoms with Gasteiger partial charge in [-0.2, -0.15) is 0 Å². The first-order chi connectivity index (χ1) is 9.08. The second-order valence-corrected chi connectivity index (χ2v) is 4.18. The van der Waals surface area contributed by atoms with Crippen LogP contribution in [-0.2, 0) is 9.53 Å². The lowest BCUT2D eigenvalue weighted by Gasteiger charge is -2.15. The molecule has 1 atom stereocenters. The molecule has 0 saturated carbocycles. The molecule has 1 N–H and O–H groups in total. The first-order valence-corrected chi connectivity index (χ1v) is 6.28. The van der Waals surface area contributed by atoms with Crippen LogP contribution in [0.15, 0.2) is 18.2 Å². The van der Waals surface area contributed by atoms with Gasteiger partial charge in [-0.05, 0) is 25.1 Å². The number of hydrogen-bond acceptors (Lipinski definition) is 4. The first-order valence-electron chi connectivity index (χ1n) is 6.28. The van der Waals surface area contributed by atoms with Gasteiger partial charge in [-0.1, -0.05) is 13.0 Å². The summed E-state index contributed by atoms with van der Waals surface area (Å²) in [7, 11) is 1.35. The van der Waals surface area contributed by atoms with E-state index in [2.05, 4.69) is 10.1 Å². The molecule has 0 aliphatic carbocycles. The van der Waals surface area contributed by atoms with Crippen LogP contribution in [0.1, 0.15) is 18.9 Å². The lowest BCUT2D eigenvalue weighted by molar-refractivity contribution is -0.143. The summed E-state index contributed by atoms with van der Waals surface area (Å²) >= 11 is 0. The molecular weight excluding hydrogens is 249 g/mol. The number of nitrogens with one attached hydrogen (secondary N) is 1. The molecule has 106 valence electrons. The van der Waals surface area contributed by atoms with Gasteiger partial charge in [0, 0.05) is 12.5 Å². The highest BCUT2D eigenvalue weighted by atomic mass is 19.1. The number of hydrogen-bond donors (Lipinski definition) is 1. The van der Waals surface area contributed by atoms with Gasteiger partial charge in [0.2, 0.25) is 0 Å². The number of esters is 1. The minimum Gasteiger partial charge on any atom is -0.493 e. The maximum atomic E-state index is 13.3. The predicted octanol–water partition coefficient (Wildman–Crippen LogP) is 2.05. The Hall–Kier alpha value is -1.62. The van der Waals surface area contributed by atoms with Crippen LogP contribution < -0.4 is 10.1 Å². The average Bonchev–Trinajstić information content (AvgIpc) is 2.41. The number of aryl methyl sites for hydroxylation is 1. The summed E-state index contributed by atoms with van der Waals surface area (Å²) in [6.07, 6.45) is 0.468. The van der Waals surface area contributed by atoms with Crippen molar-refractivity contribution in [2.24, 2.45) is 0 Å². The Balaban J connectivity index is 2.47. The average molecular weight is 269 g/mol. The molecule has 0 amide bonds. The van der Waals surface area contributed by atoms with E-state index in [4.69, 9.17) is 4.74 Å². The Bertz CT molecular complexity index is 423. The number of carbonyl (C=O) groups excluding carboxylic acids is 1. The molecule has 4 nitrogen and oxygen atoms in total. The summed E-state index contributed by atoms with van der Waals surface area (Å²) in [5.74, 6) is -0.155. The van der Waals surface area contributed by atoms with Crippen molar-refractivity contribution in [3.05, 3.63) is 29.6 Å². The van der Waals surface area contributed by atoms with E-state index in [-0.39, 0.29) is 11.8 Å². The molecule has 0 saturated heterocycles. The summed E-state index contributed by atoms with van der Waals surface area (Å²) in [5, 5.41) is 3.01. The summed E-state index contributed by atoms with van der Waals surface area (Å²) in [4.78, 5) is 11.4. The molecule has 1 aromatic rings. The maximum absolute atomic E-state index is 13.3.